The van der Waals surface area contributed by atoms with E-state index in [0.717, 1.165) is 22.7 Å². The van der Waals surface area contributed by atoms with Gasteiger partial charge in [-0.2, -0.15) is 13.2 Å². The minimum atomic E-state index is -5.33. The summed E-state index contributed by atoms with van der Waals surface area (Å²) in [4.78, 5) is 9.01. The maximum Gasteiger partial charge on any atom is 0.497 e. The van der Waals surface area contributed by atoms with Crippen molar-refractivity contribution < 1.29 is 21.6 Å². The summed E-state index contributed by atoms with van der Waals surface area (Å²) in [5.41, 5.74) is -1.92. The van der Waals surface area contributed by atoms with Crippen LogP contribution in [0.2, 0.25) is 5.02 Å². The lowest BCUT2D eigenvalue weighted by Crippen LogP contribution is -2.25. The molecule has 2 aromatic heterocycles. The molecule has 1 aromatic carbocycles. The highest BCUT2D eigenvalue weighted by Crippen LogP contribution is 2.35. The Morgan fingerprint density at radius 3 is 2.48 bits per heavy atom. The van der Waals surface area contributed by atoms with Crippen molar-refractivity contribution >= 4 is 32.8 Å². The van der Waals surface area contributed by atoms with Crippen molar-refractivity contribution in [2.75, 3.05) is 0 Å². The van der Waals surface area contributed by atoms with Gasteiger partial charge in [0.2, 0.25) is 0 Å². The molecule has 0 saturated heterocycles. The van der Waals surface area contributed by atoms with Gasteiger partial charge < -0.3 is 0 Å². The van der Waals surface area contributed by atoms with Crippen LogP contribution in [-0.2, 0) is 22.0 Å². The number of sulfone groups is 1. The molecule has 0 aliphatic rings. The Morgan fingerprint density at radius 2 is 1.87 bits per heavy atom. The van der Waals surface area contributed by atoms with E-state index in [1.807, 2.05) is 17.5 Å². The Kier molecular flexibility index (Phi) is 6.78. The molecule has 3 rings (SSSR count). The fraction of sp³-hybridized carbons (Fsp3) is 0.333. The SMILES string of the molecule is Cc1cc(-c2csc(-c3ccnc(CC(C)C)c3)n2)cc(Cl)c1CS(=O)(=O)C(F)(F)F. The average Bonchev–Trinajstić information content (AvgIpc) is 3.13. The summed E-state index contributed by atoms with van der Waals surface area (Å²) in [6.45, 7) is 5.77. The van der Waals surface area contributed by atoms with Gasteiger partial charge in [-0.3, -0.25) is 4.98 Å². The number of rotatable bonds is 6. The van der Waals surface area contributed by atoms with Crippen LogP contribution < -0.4 is 0 Å². The molecule has 10 heteroatoms. The lowest BCUT2D eigenvalue weighted by atomic mass is 10.0. The predicted molar refractivity (Wildman–Crippen MR) is 118 cm³/mol. The summed E-state index contributed by atoms with van der Waals surface area (Å²) in [7, 11) is -5.32. The van der Waals surface area contributed by atoms with Crippen LogP contribution in [0.3, 0.4) is 0 Å². The Labute approximate surface area is 188 Å². The number of nitrogens with zero attached hydrogens (tertiary/aromatic N) is 2. The molecule has 4 nitrogen and oxygen atoms in total. The average molecular weight is 489 g/mol. The smallest absolute Gasteiger partial charge is 0.261 e. The Hall–Kier alpha value is -1.97. The number of pyridine rings is 1. The van der Waals surface area contributed by atoms with E-state index in [2.05, 4.69) is 23.8 Å². The normalized spacial score (nSPS) is 12.5. The molecule has 0 bridgehead atoms. The Balaban J connectivity index is 1.91. The van der Waals surface area contributed by atoms with Gasteiger partial charge in [0.25, 0.3) is 9.84 Å². The third-order valence-electron chi connectivity index (χ3n) is 4.59. The first-order chi connectivity index (χ1) is 14.4. The number of halogens is 4. The molecule has 31 heavy (non-hydrogen) atoms. The van der Waals surface area contributed by atoms with Gasteiger partial charge in [0.15, 0.2) is 0 Å². The zero-order chi connectivity index (χ0) is 23.0. The molecule has 3 aromatic rings. The van der Waals surface area contributed by atoms with E-state index in [4.69, 9.17) is 11.6 Å². The van der Waals surface area contributed by atoms with Gasteiger partial charge in [-0.1, -0.05) is 25.4 Å². The van der Waals surface area contributed by atoms with E-state index in [0.29, 0.717) is 22.7 Å². The van der Waals surface area contributed by atoms with Crippen LogP contribution in [0.25, 0.3) is 21.8 Å². The first kappa shape index (κ1) is 23.7. The first-order valence-electron chi connectivity index (χ1n) is 9.36. The largest absolute Gasteiger partial charge is 0.497 e. The van der Waals surface area contributed by atoms with Crippen LogP contribution in [0.4, 0.5) is 13.2 Å². The van der Waals surface area contributed by atoms with E-state index >= 15 is 0 Å². The summed E-state index contributed by atoms with van der Waals surface area (Å²) in [5, 5.41) is 2.56. The molecule has 166 valence electrons. The third kappa shape index (κ3) is 5.45. The van der Waals surface area contributed by atoms with Gasteiger partial charge in [-0.25, -0.2) is 13.4 Å². The van der Waals surface area contributed by atoms with Gasteiger partial charge in [-0.05, 0) is 54.7 Å². The number of aryl methyl sites for hydroxylation is 1. The molecule has 0 N–H and O–H groups in total. The molecule has 0 spiro atoms. The first-order valence-corrected chi connectivity index (χ1v) is 12.3. The zero-order valence-electron chi connectivity index (χ0n) is 17.0. The molecule has 0 saturated carbocycles. The van der Waals surface area contributed by atoms with Crippen molar-refractivity contribution in [1.29, 1.82) is 0 Å². The van der Waals surface area contributed by atoms with Gasteiger partial charge in [-0.15, -0.1) is 11.3 Å². The molecular weight excluding hydrogens is 469 g/mol. The summed E-state index contributed by atoms with van der Waals surface area (Å²) < 4.78 is 61.3. The second-order valence-electron chi connectivity index (χ2n) is 7.63. The number of alkyl halides is 3. The van der Waals surface area contributed by atoms with E-state index < -0.39 is 21.1 Å². The molecule has 0 aliphatic carbocycles. The minimum Gasteiger partial charge on any atom is -0.261 e. The van der Waals surface area contributed by atoms with E-state index in [1.54, 1.807) is 12.3 Å². The van der Waals surface area contributed by atoms with Gasteiger partial charge in [0.1, 0.15) is 5.01 Å². The number of benzene rings is 1. The quantitative estimate of drug-likeness (QED) is 0.399. The molecule has 0 fully saturated rings. The van der Waals surface area contributed by atoms with Gasteiger partial charge >= 0.3 is 5.51 Å². The standard InChI is InChI=1S/C21H20ClF3N2O2S2/c1-12(2)6-16-8-14(4-5-26-16)20-27-19(10-30-20)15-7-13(3)17(18(22)9-15)11-31(28,29)21(23,24)25/h4-5,7-10,12H,6,11H2,1-3H3. The highest BCUT2D eigenvalue weighted by Gasteiger charge is 2.45. The van der Waals surface area contributed by atoms with Crippen LogP contribution in [0.1, 0.15) is 30.7 Å². The summed E-state index contributed by atoms with van der Waals surface area (Å²) in [6, 6.07) is 6.91. The topological polar surface area (TPSA) is 59.9 Å². The van der Waals surface area contributed by atoms with Crippen LogP contribution in [0.15, 0.2) is 35.8 Å². The highest BCUT2D eigenvalue weighted by atomic mass is 35.5. The van der Waals surface area contributed by atoms with E-state index in [1.165, 1.54) is 24.3 Å². The van der Waals surface area contributed by atoms with Crippen LogP contribution >= 0.6 is 22.9 Å². The molecule has 0 atom stereocenters. The summed E-state index contributed by atoms with van der Waals surface area (Å²) in [5.74, 6) is -0.723. The third-order valence-corrected chi connectivity index (χ3v) is 7.19. The van der Waals surface area contributed by atoms with Crippen molar-refractivity contribution in [3.63, 3.8) is 0 Å². The fourth-order valence-corrected chi connectivity index (χ4v) is 5.22. The van der Waals surface area contributed by atoms with E-state index in [9.17, 15) is 21.6 Å². The highest BCUT2D eigenvalue weighted by molar-refractivity contribution is 7.91. The number of hydrogen-bond acceptors (Lipinski definition) is 5. The van der Waals surface area contributed by atoms with Crippen molar-refractivity contribution in [1.82, 2.24) is 9.97 Å². The lowest BCUT2D eigenvalue weighted by Gasteiger charge is -2.13. The van der Waals surface area contributed by atoms with Crippen molar-refractivity contribution in [3.8, 4) is 21.8 Å². The van der Waals surface area contributed by atoms with Crippen molar-refractivity contribution in [3.05, 3.63) is 57.7 Å². The zero-order valence-corrected chi connectivity index (χ0v) is 19.4. The number of aromatic nitrogens is 2. The second kappa shape index (κ2) is 8.88. The number of hydrogen-bond donors (Lipinski definition) is 0. The van der Waals surface area contributed by atoms with Crippen LogP contribution in [-0.4, -0.2) is 23.9 Å². The maximum absolute atomic E-state index is 12.7. The van der Waals surface area contributed by atoms with Crippen molar-refractivity contribution in [2.24, 2.45) is 5.92 Å². The molecule has 2 heterocycles. The Morgan fingerprint density at radius 1 is 1.16 bits per heavy atom. The molecular formula is C21H20ClF3N2O2S2. The van der Waals surface area contributed by atoms with Gasteiger partial charge in [0.05, 0.1) is 11.4 Å². The molecule has 0 unspecified atom stereocenters. The van der Waals surface area contributed by atoms with Crippen LogP contribution in [0, 0.1) is 12.8 Å². The second-order valence-corrected chi connectivity index (χ2v) is 10.9. The fourth-order valence-electron chi connectivity index (χ4n) is 3.06. The van der Waals surface area contributed by atoms with Crippen LogP contribution in [0.5, 0.6) is 0 Å². The van der Waals surface area contributed by atoms with E-state index in [-0.39, 0.29) is 10.6 Å². The number of thiazole rings is 1. The summed E-state index contributed by atoms with van der Waals surface area (Å²) >= 11 is 7.60. The minimum absolute atomic E-state index is 0.0412. The summed E-state index contributed by atoms with van der Waals surface area (Å²) in [6.07, 6.45) is 2.59. The van der Waals surface area contributed by atoms with Gasteiger partial charge in [0, 0.05) is 33.4 Å². The monoisotopic (exact) mass is 488 g/mol. The predicted octanol–water partition coefficient (Wildman–Crippen LogP) is 6.47. The molecule has 0 amide bonds. The maximum atomic E-state index is 12.7. The molecule has 0 aliphatic heterocycles. The van der Waals surface area contributed by atoms with Crippen molar-refractivity contribution in [2.45, 2.75) is 38.5 Å². The lowest BCUT2D eigenvalue weighted by molar-refractivity contribution is -0.0437. The Bertz CT molecular complexity index is 1180. The molecule has 0 radical (unpaired) electrons.